The number of aromatic nitrogens is 1. The summed E-state index contributed by atoms with van der Waals surface area (Å²) in [5, 5.41) is 10.1. The summed E-state index contributed by atoms with van der Waals surface area (Å²) in [4.78, 5) is 4.07. The van der Waals surface area contributed by atoms with Crippen molar-refractivity contribution < 1.29 is 5.11 Å². The van der Waals surface area contributed by atoms with Gasteiger partial charge in [-0.2, -0.15) is 0 Å². The molecule has 1 aromatic rings. The van der Waals surface area contributed by atoms with E-state index in [1.165, 1.54) is 0 Å². The summed E-state index contributed by atoms with van der Waals surface area (Å²) in [6.07, 6.45) is 2.84. The zero-order valence-corrected chi connectivity index (χ0v) is 6.67. The molecule has 0 aliphatic heterocycles. The lowest BCUT2D eigenvalue weighted by Gasteiger charge is -2.01. The third-order valence-corrected chi connectivity index (χ3v) is 2.37. The zero-order chi connectivity index (χ0) is 7.84. The number of aliphatic hydroxyl groups excluding tert-OH is 1. The van der Waals surface area contributed by atoms with Crippen molar-refractivity contribution >= 4 is 11.6 Å². The number of rotatable bonds is 0. The van der Waals surface area contributed by atoms with Gasteiger partial charge in [-0.05, 0) is 24.5 Å². The second-order valence-electron chi connectivity index (χ2n) is 2.71. The van der Waals surface area contributed by atoms with Crippen LogP contribution in [0.15, 0.2) is 12.3 Å². The minimum Gasteiger partial charge on any atom is -0.387 e. The standard InChI is InChI=1S/C8H8ClNO/c9-6-3-4-10-8-5(6)1-2-7(8)11/h3-4,7,11H,1-2H2. The minimum absolute atomic E-state index is 0.399. The van der Waals surface area contributed by atoms with Crippen molar-refractivity contribution in [3.63, 3.8) is 0 Å². The van der Waals surface area contributed by atoms with E-state index in [2.05, 4.69) is 4.98 Å². The minimum atomic E-state index is -0.399. The Hall–Kier alpha value is -0.600. The zero-order valence-electron chi connectivity index (χ0n) is 5.92. The number of nitrogens with zero attached hydrogens (tertiary/aromatic N) is 1. The van der Waals surface area contributed by atoms with Crippen LogP contribution in [0.2, 0.25) is 5.02 Å². The van der Waals surface area contributed by atoms with E-state index in [0.29, 0.717) is 0 Å². The molecule has 0 amide bonds. The average Bonchev–Trinajstić information content (AvgIpc) is 2.35. The van der Waals surface area contributed by atoms with Crippen LogP contribution in [-0.4, -0.2) is 10.1 Å². The summed E-state index contributed by atoms with van der Waals surface area (Å²) >= 11 is 5.88. The second kappa shape index (κ2) is 2.47. The first-order chi connectivity index (χ1) is 5.29. The van der Waals surface area contributed by atoms with E-state index in [1.54, 1.807) is 12.3 Å². The highest BCUT2D eigenvalue weighted by atomic mass is 35.5. The largest absolute Gasteiger partial charge is 0.387 e. The number of fused-ring (bicyclic) bond motifs is 1. The summed E-state index contributed by atoms with van der Waals surface area (Å²) in [6, 6.07) is 1.76. The molecule has 0 aromatic carbocycles. The van der Waals surface area contributed by atoms with Crippen molar-refractivity contribution in [2.75, 3.05) is 0 Å². The Balaban J connectivity index is 2.57. The van der Waals surface area contributed by atoms with Crippen LogP contribution >= 0.6 is 11.6 Å². The molecule has 0 saturated carbocycles. The lowest BCUT2D eigenvalue weighted by atomic mass is 10.2. The van der Waals surface area contributed by atoms with Gasteiger partial charge in [-0.3, -0.25) is 4.98 Å². The Morgan fingerprint density at radius 2 is 2.45 bits per heavy atom. The first-order valence-corrected chi connectivity index (χ1v) is 3.98. The highest BCUT2D eigenvalue weighted by molar-refractivity contribution is 6.31. The van der Waals surface area contributed by atoms with Gasteiger partial charge in [-0.15, -0.1) is 0 Å². The predicted octanol–water partition coefficient (Wildman–Crippen LogP) is 1.71. The van der Waals surface area contributed by atoms with Crippen LogP contribution < -0.4 is 0 Å². The SMILES string of the molecule is OC1CCc2c(Cl)ccnc21. The highest BCUT2D eigenvalue weighted by Gasteiger charge is 2.23. The highest BCUT2D eigenvalue weighted by Crippen LogP contribution is 2.33. The molecule has 2 rings (SSSR count). The van der Waals surface area contributed by atoms with Crippen molar-refractivity contribution in [2.45, 2.75) is 18.9 Å². The van der Waals surface area contributed by atoms with Gasteiger partial charge in [0.1, 0.15) is 0 Å². The van der Waals surface area contributed by atoms with Crippen LogP contribution in [0.5, 0.6) is 0 Å². The molecule has 1 aliphatic rings. The Kier molecular flexibility index (Phi) is 1.59. The number of aliphatic hydroxyl groups is 1. The molecule has 1 aliphatic carbocycles. The maximum absolute atomic E-state index is 9.38. The molecule has 58 valence electrons. The lowest BCUT2D eigenvalue weighted by Crippen LogP contribution is -1.93. The third kappa shape index (κ3) is 1.03. The summed E-state index contributed by atoms with van der Waals surface area (Å²) in [6.45, 7) is 0. The third-order valence-electron chi connectivity index (χ3n) is 2.02. The first kappa shape index (κ1) is 7.07. The monoisotopic (exact) mass is 169 g/mol. The van der Waals surface area contributed by atoms with E-state index in [1.807, 2.05) is 0 Å². The summed E-state index contributed by atoms with van der Waals surface area (Å²) in [5.74, 6) is 0. The predicted molar refractivity (Wildman–Crippen MR) is 42.5 cm³/mol. The topological polar surface area (TPSA) is 33.1 Å². The van der Waals surface area contributed by atoms with Gasteiger partial charge < -0.3 is 5.11 Å². The van der Waals surface area contributed by atoms with Gasteiger partial charge in [-0.1, -0.05) is 11.6 Å². The molecule has 0 spiro atoms. The van der Waals surface area contributed by atoms with Crippen LogP contribution in [0.1, 0.15) is 23.8 Å². The van der Waals surface area contributed by atoms with Crippen LogP contribution in [0.3, 0.4) is 0 Å². The van der Waals surface area contributed by atoms with Crippen molar-refractivity contribution in [1.29, 1.82) is 0 Å². The van der Waals surface area contributed by atoms with E-state index in [9.17, 15) is 5.11 Å². The number of pyridine rings is 1. The Morgan fingerprint density at radius 3 is 3.18 bits per heavy atom. The summed E-state index contributed by atoms with van der Waals surface area (Å²) in [7, 11) is 0. The molecule has 1 N–H and O–H groups in total. The van der Waals surface area contributed by atoms with Gasteiger partial charge in [-0.25, -0.2) is 0 Å². The normalized spacial score (nSPS) is 21.8. The van der Waals surface area contributed by atoms with Gasteiger partial charge in [0.05, 0.1) is 11.8 Å². The number of hydrogen-bond donors (Lipinski definition) is 1. The molecule has 0 radical (unpaired) electrons. The van der Waals surface area contributed by atoms with Crippen LogP contribution in [0.4, 0.5) is 0 Å². The Labute approximate surface area is 69.8 Å². The van der Waals surface area contributed by atoms with Gasteiger partial charge in [0, 0.05) is 11.2 Å². The Bertz CT molecular complexity index is 287. The second-order valence-corrected chi connectivity index (χ2v) is 3.12. The van der Waals surface area contributed by atoms with Crippen molar-refractivity contribution in [1.82, 2.24) is 4.98 Å². The molecule has 0 saturated heterocycles. The fraction of sp³-hybridized carbons (Fsp3) is 0.375. The molecule has 0 fully saturated rings. The van der Waals surface area contributed by atoms with E-state index in [4.69, 9.17) is 11.6 Å². The lowest BCUT2D eigenvalue weighted by molar-refractivity contribution is 0.176. The summed E-state index contributed by atoms with van der Waals surface area (Å²) < 4.78 is 0. The summed E-state index contributed by atoms with van der Waals surface area (Å²) in [5.41, 5.74) is 1.78. The maximum Gasteiger partial charge on any atom is 0.0966 e. The molecular weight excluding hydrogens is 162 g/mol. The van der Waals surface area contributed by atoms with Crippen molar-refractivity contribution in [3.8, 4) is 0 Å². The van der Waals surface area contributed by atoms with Gasteiger partial charge in [0.2, 0.25) is 0 Å². The van der Waals surface area contributed by atoms with Crippen LogP contribution in [0.25, 0.3) is 0 Å². The van der Waals surface area contributed by atoms with E-state index >= 15 is 0 Å². The molecule has 1 atom stereocenters. The fourth-order valence-electron chi connectivity index (χ4n) is 1.44. The molecule has 1 heterocycles. The molecular formula is C8H8ClNO. The van der Waals surface area contributed by atoms with Gasteiger partial charge >= 0.3 is 0 Å². The van der Waals surface area contributed by atoms with E-state index < -0.39 is 6.10 Å². The van der Waals surface area contributed by atoms with Crippen molar-refractivity contribution in [3.05, 3.63) is 28.5 Å². The van der Waals surface area contributed by atoms with E-state index in [-0.39, 0.29) is 0 Å². The maximum atomic E-state index is 9.38. The average molecular weight is 170 g/mol. The van der Waals surface area contributed by atoms with Gasteiger partial charge in [0.25, 0.3) is 0 Å². The van der Waals surface area contributed by atoms with E-state index in [0.717, 1.165) is 29.1 Å². The smallest absolute Gasteiger partial charge is 0.0966 e. The molecule has 11 heavy (non-hydrogen) atoms. The fourth-order valence-corrected chi connectivity index (χ4v) is 1.68. The molecule has 1 unspecified atom stereocenters. The first-order valence-electron chi connectivity index (χ1n) is 3.60. The molecule has 2 nitrogen and oxygen atoms in total. The molecule has 0 bridgehead atoms. The van der Waals surface area contributed by atoms with Crippen LogP contribution in [0, 0.1) is 0 Å². The van der Waals surface area contributed by atoms with Gasteiger partial charge in [0.15, 0.2) is 0 Å². The molecule has 1 aromatic heterocycles. The Morgan fingerprint density at radius 1 is 1.64 bits per heavy atom. The number of halogens is 1. The van der Waals surface area contributed by atoms with Crippen LogP contribution in [-0.2, 0) is 6.42 Å². The molecule has 3 heteroatoms. The number of hydrogen-bond acceptors (Lipinski definition) is 2. The van der Waals surface area contributed by atoms with Crippen molar-refractivity contribution in [2.24, 2.45) is 0 Å². The quantitative estimate of drug-likeness (QED) is 0.642.